The number of methoxy groups -OCH3 is 1. The van der Waals surface area contributed by atoms with Crippen LogP contribution in [-0.4, -0.2) is 35.4 Å². The van der Waals surface area contributed by atoms with Gasteiger partial charge in [-0.3, -0.25) is 9.59 Å². The van der Waals surface area contributed by atoms with Crippen LogP contribution in [0.15, 0.2) is 52.6 Å². The number of nitrogens with one attached hydrogen (secondary N) is 1. The number of Topliss-reactive ketones (excluding diaryl/α,β-unsaturated/α-hetero) is 1. The van der Waals surface area contributed by atoms with Gasteiger partial charge >= 0.3 is 5.97 Å². The van der Waals surface area contributed by atoms with Crippen LogP contribution in [0.1, 0.15) is 51.0 Å². The largest absolute Gasteiger partial charge is 0.494 e. The fourth-order valence-electron chi connectivity index (χ4n) is 3.71. The Morgan fingerprint density at radius 1 is 1.08 bits per heavy atom. The van der Waals surface area contributed by atoms with E-state index in [2.05, 4.69) is 9.97 Å². The van der Waals surface area contributed by atoms with Crippen LogP contribution in [0.5, 0.6) is 5.75 Å². The standard InChI is InChI=1S/C27H25FN2O6S/c1-3-36-27(33)18-8-4-17(5-9-18)13-35-14-19-15-37-26-23(19)25(32)29-24(30-26)21(31)11-7-16-6-10-20(28)22(12-16)34-2/h4-6,8-10,12,15H,3,7,11,13-14H2,1-2H3,(H,29,30,32). The third-order valence-electron chi connectivity index (χ3n) is 5.63. The summed E-state index contributed by atoms with van der Waals surface area (Å²) in [5.41, 5.74) is 2.34. The van der Waals surface area contributed by atoms with E-state index in [9.17, 15) is 18.8 Å². The Morgan fingerprint density at radius 3 is 2.57 bits per heavy atom. The highest BCUT2D eigenvalue weighted by Gasteiger charge is 2.16. The van der Waals surface area contributed by atoms with Crippen molar-refractivity contribution in [3.8, 4) is 5.75 Å². The van der Waals surface area contributed by atoms with Crippen LogP contribution in [-0.2, 0) is 29.1 Å². The molecule has 4 rings (SSSR count). The number of ketones is 1. The lowest BCUT2D eigenvalue weighted by atomic mass is 10.1. The van der Waals surface area contributed by atoms with E-state index in [1.54, 1.807) is 48.7 Å². The number of aromatic nitrogens is 2. The minimum absolute atomic E-state index is 0.0115. The zero-order chi connectivity index (χ0) is 26.4. The summed E-state index contributed by atoms with van der Waals surface area (Å²) in [6.45, 7) is 2.54. The van der Waals surface area contributed by atoms with E-state index in [0.717, 1.165) is 11.1 Å². The lowest BCUT2D eigenvalue weighted by molar-refractivity contribution is 0.0526. The van der Waals surface area contributed by atoms with E-state index in [0.29, 0.717) is 34.4 Å². The Hall–Kier alpha value is -3.89. The molecular weight excluding hydrogens is 499 g/mol. The first-order valence-corrected chi connectivity index (χ1v) is 12.5. The fourth-order valence-corrected chi connectivity index (χ4v) is 4.64. The van der Waals surface area contributed by atoms with Crippen LogP contribution in [0.3, 0.4) is 0 Å². The average Bonchev–Trinajstić information content (AvgIpc) is 3.32. The lowest BCUT2D eigenvalue weighted by Gasteiger charge is -2.06. The van der Waals surface area contributed by atoms with Crippen molar-refractivity contribution in [2.24, 2.45) is 0 Å². The molecule has 0 amide bonds. The lowest BCUT2D eigenvalue weighted by Crippen LogP contribution is -2.16. The van der Waals surface area contributed by atoms with Gasteiger partial charge in [-0.05, 0) is 54.1 Å². The number of benzene rings is 2. The molecule has 2 heterocycles. The van der Waals surface area contributed by atoms with Crippen LogP contribution >= 0.6 is 11.3 Å². The van der Waals surface area contributed by atoms with Gasteiger partial charge in [-0.2, -0.15) is 0 Å². The first-order chi connectivity index (χ1) is 17.9. The summed E-state index contributed by atoms with van der Waals surface area (Å²) in [4.78, 5) is 44.6. The number of H-pyrrole nitrogens is 1. The second-order valence-corrected chi connectivity index (χ2v) is 9.02. The molecule has 8 nitrogen and oxygen atoms in total. The number of halogens is 1. The van der Waals surface area contributed by atoms with Gasteiger partial charge < -0.3 is 19.2 Å². The number of carbonyl (C=O) groups is 2. The van der Waals surface area contributed by atoms with E-state index >= 15 is 0 Å². The monoisotopic (exact) mass is 524 g/mol. The third kappa shape index (κ3) is 6.28. The molecule has 37 heavy (non-hydrogen) atoms. The molecule has 192 valence electrons. The van der Waals surface area contributed by atoms with Gasteiger partial charge in [0.15, 0.2) is 23.2 Å². The first kappa shape index (κ1) is 26.2. The van der Waals surface area contributed by atoms with Crippen molar-refractivity contribution in [1.82, 2.24) is 9.97 Å². The van der Waals surface area contributed by atoms with Crippen LogP contribution in [0.4, 0.5) is 4.39 Å². The summed E-state index contributed by atoms with van der Waals surface area (Å²) in [6.07, 6.45) is 0.445. The van der Waals surface area contributed by atoms with E-state index in [4.69, 9.17) is 14.2 Å². The fraction of sp³-hybridized carbons (Fsp3) is 0.259. The molecule has 0 aliphatic heterocycles. The SMILES string of the molecule is CCOC(=O)c1ccc(COCc2csc3nc(C(=O)CCc4ccc(F)c(OC)c4)[nH]c(=O)c23)cc1. The number of ether oxygens (including phenoxy) is 3. The second kappa shape index (κ2) is 11.9. The smallest absolute Gasteiger partial charge is 0.338 e. The number of nitrogens with zero attached hydrogens (tertiary/aromatic N) is 1. The number of fused-ring (bicyclic) bond motifs is 1. The molecule has 0 atom stereocenters. The van der Waals surface area contributed by atoms with Gasteiger partial charge in [-0.1, -0.05) is 18.2 Å². The molecule has 0 spiro atoms. The molecule has 10 heteroatoms. The van der Waals surface area contributed by atoms with Gasteiger partial charge in [0.2, 0.25) is 0 Å². The summed E-state index contributed by atoms with van der Waals surface area (Å²) in [7, 11) is 1.38. The van der Waals surface area contributed by atoms with Crippen LogP contribution in [0.25, 0.3) is 10.2 Å². The topological polar surface area (TPSA) is 108 Å². The minimum Gasteiger partial charge on any atom is -0.494 e. The number of aromatic amines is 1. The van der Waals surface area contributed by atoms with Crippen LogP contribution < -0.4 is 10.3 Å². The number of esters is 1. The number of rotatable bonds is 11. The highest BCUT2D eigenvalue weighted by Crippen LogP contribution is 2.23. The molecule has 2 aromatic carbocycles. The number of hydrogen-bond acceptors (Lipinski definition) is 8. The summed E-state index contributed by atoms with van der Waals surface area (Å²) in [5.74, 6) is -1.07. The predicted molar refractivity (Wildman–Crippen MR) is 137 cm³/mol. The maximum Gasteiger partial charge on any atom is 0.338 e. The number of hydrogen-bond donors (Lipinski definition) is 1. The quantitative estimate of drug-likeness (QED) is 0.221. The van der Waals surface area contributed by atoms with Crippen molar-refractivity contribution in [2.75, 3.05) is 13.7 Å². The van der Waals surface area contributed by atoms with Crippen molar-refractivity contribution in [1.29, 1.82) is 0 Å². The van der Waals surface area contributed by atoms with Gasteiger partial charge in [-0.25, -0.2) is 14.2 Å². The van der Waals surface area contributed by atoms with Gasteiger partial charge in [0.25, 0.3) is 5.56 Å². The van der Waals surface area contributed by atoms with E-state index in [1.807, 2.05) is 0 Å². The average molecular weight is 525 g/mol. The molecule has 4 aromatic rings. The molecule has 0 aliphatic carbocycles. The Balaban J connectivity index is 1.38. The predicted octanol–water partition coefficient (Wildman–Crippen LogP) is 4.84. The third-order valence-corrected chi connectivity index (χ3v) is 6.55. The molecule has 1 N–H and O–H groups in total. The maximum absolute atomic E-state index is 13.6. The Morgan fingerprint density at radius 2 is 1.84 bits per heavy atom. The van der Waals surface area contributed by atoms with Crippen LogP contribution in [0, 0.1) is 5.82 Å². The minimum atomic E-state index is -0.474. The molecular formula is C27H25FN2O6S. The molecule has 0 fully saturated rings. The first-order valence-electron chi connectivity index (χ1n) is 11.6. The van der Waals surface area contributed by atoms with E-state index in [1.165, 1.54) is 24.5 Å². The molecule has 0 saturated carbocycles. The number of carbonyl (C=O) groups excluding carboxylic acids is 2. The van der Waals surface area contributed by atoms with Gasteiger partial charge in [0.05, 0.1) is 37.9 Å². The highest BCUT2D eigenvalue weighted by molar-refractivity contribution is 7.16. The molecule has 0 radical (unpaired) electrons. The summed E-state index contributed by atoms with van der Waals surface area (Å²) in [6, 6.07) is 11.3. The van der Waals surface area contributed by atoms with Gasteiger partial charge in [-0.15, -0.1) is 11.3 Å². The Kier molecular flexibility index (Phi) is 8.42. The van der Waals surface area contributed by atoms with Crippen molar-refractivity contribution in [3.05, 3.63) is 92.1 Å². The summed E-state index contributed by atoms with van der Waals surface area (Å²) < 4.78 is 29.3. The van der Waals surface area contributed by atoms with Crippen molar-refractivity contribution in [2.45, 2.75) is 33.0 Å². The molecule has 2 aromatic heterocycles. The van der Waals surface area contributed by atoms with E-state index < -0.39 is 11.4 Å². The van der Waals surface area contributed by atoms with E-state index in [-0.39, 0.29) is 43.0 Å². The molecule has 0 bridgehead atoms. The van der Waals surface area contributed by atoms with Gasteiger partial charge in [0.1, 0.15) is 4.83 Å². The maximum atomic E-state index is 13.6. The number of aryl methyl sites for hydroxylation is 1. The second-order valence-electron chi connectivity index (χ2n) is 8.16. The zero-order valence-electron chi connectivity index (χ0n) is 20.3. The van der Waals surface area contributed by atoms with Crippen molar-refractivity contribution < 1.29 is 28.2 Å². The normalized spacial score (nSPS) is 11.0. The zero-order valence-corrected chi connectivity index (χ0v) is 21.2. The number of thiophene rings is 1. The van der Waals surface area contributed by atoms with Crippen molar-refractivity contribution in [3.63, 3.8) is 0 Å². The van der Waals surface area contributed by atoms with Crippen molar-refractivity contribution >= 4 is 33.3 Å². The molecule has 0 unspecified atom stereocenters. The highest BCUT2D eigenvalue weighted by atomic mass is 32.1. The Bertz CT molecular complexity index is 1480. The Labute approximate surface area is 216 Å². The summed E-state index contributed by atoms with van der Waals surface area (Å²) >= 11 is 1.26. The van der Waals surface area contributed by atoms with Gasteiger partial charge in [0, 0.05) is 12.0 Å². The summed E-state index contributed by atoms with van der Waals surface area (Å²) in [5, 5.41) is 2.18. The molecule has 0 aliphatic rings. The molecule has 0 saturated heterocycles. The van der Waals surface area contributed by atoms with Crippen LogP contribution in [0.2, 0.25) is 0 Å².